The summed E-state index contributed by atoms with van der Waals surface area (Å²) in [6.07, 6.45) is 5.67. The number of thiazole rings is 1. The van der Waals surface area contributed by atoms with Crippen molar-refractivity contribution >= 4 is 44.0 Å². The zero-order valence-electron chi connectivity index (χ0n) is 28.4. The Kier molecular flexibility index (Phi) is 13.8. The lowest BCUT2D eigenvalue weighted by molar-refractivity contribution is -0.117. The number of aryl methyl sites for hydroxylation is 1. The molecule has 1 aromatic carbocycles. The van der Waals surface area contributed by atoms with Gasteiger partial charge in [-0.15, -0.1) is 0 Å². The molecule has 3 heterocycles. The molecule has 4 rings (SSSR count). The zero-order valence-corrected chi connectivity index (χ0v) is 30.0. The summed E-state index contributed by atoms with van der Waals surface area (Å²) in [4.78, 5) is 33.0. The van der Waals surface area contributed by atoms with Crippen molar-refractivity contribution in [2.75, 3.05) is 30.3 Å². The van der Waals surface area contributed by atoms with Gasteiger partial charge in [-0.25, -0.2) is 31.0 Å². The van der Waals surface area contributed by atoms with Crippen LogP contribution in [0.3, 0.4) is 0 Å². The van der Waals surface area contributed by atoms with Crippen LogP contribution >= 0.6 is 11.3 Å². The van der Waals surface area contributed by atoms with Crippen LogP contribution in [0.2, 0.25) is 0 Å². The number of aromatic nitrogens is 2. The molecule has 2 aromatic heterocycles. The number of rotatable bonds is 15. The van der Waals surface area contributed by atoms with E-state index >= 15 is 4.39 Å². The first-order chi connectivity index (χ1) is 24.2. The third-order valence-electron chi connectivity index (χ3n) is 8.35. The Hall–Kier alpha value is -4.25. The Labute approximate surface area is 298 Å². The molecule has 0 unspecified atom stereocenters. The van der Waals surface area contributed by atoms with Crippen molar-refractivity contribution in [3.05, 3.63) is 102 Å². The predicted molar refractivity (Wildman–Crippen MR) is 189 cm³/mol. The monoisotopic (exact) mass is 748 g/mol. The molecule has 3 aromatic rings. The van der Waals surface area contributed by atoms with E-state index in [-0.39, 0.29) is 51.6 Å². The van der Waals surface area contributed by atoms with E-state index in [4.69, 9.17) is 0 Å². The van der Waals surface area contributed by atoms with E-state index in [1.54, 1.807) is 13.8 Å². The molecule has 0 spiro atoms. The zero-order chi connectivity index (χ0) is 37.3. The number of sulfonamides is 1. The number of nitrogens with zero attached hydrogens (tertiary/aromatic N) is 3. The molecule has 0 saturated carbocycles. The fraction of sp³-hybridized carbons (Fsp3) is 0.371. The maximum atomic E-state index is 15.2. The normalized spacial score (nSPS) is 17.1. The molecule has 0 radical (unpaired) electrons. The number of carbonyl (C=O) groups excluding carboxylic acids is 2. The van der Waals surface area contributed by atoms with E-state index in [2.05, 4.69) is 32.5 Å². The van der Waals surface area contributed by atoms with Gasteiger partial charge in [0.15, 0.2) is 9.34 Å². The van der Waals surface area contributed by atoms with Crippen molar-refractivity contribution in [2.45, 2.75) is 62.6 Å². The van der Waals surface area contributed by atoms with Crippen molar-refractivity contribution in [1.29, 1.82) is 0 Å². The quantitative estimate of drug-likeness (QED) is 0.116. The van der Waals surface area contributed by atoms with Crippen LogP contribution in [-0.2, 0) is 26.0 Å². The van der Waals surface area contributed by atoms with E-state index in [0.29, 0.717) is 37.6 Å². The van der Waals surface area contributed by atoms with E-state index in [0.717, 1.165) is 29.7 Å². The van der Waals surface area contributed by atoms with Gasteiger partial charge in [-0.05, 0) is 67.9 Å². The molecule has 0 bridgehead atoms. The van der Waals surface area contributed by atoms with Crippen molar-refractivity contribution in [3.63, 3.8) is 0 Å². The first kappa shape index (κ1) is 39.5. The van der Waals surface area contributed by atoms with Crippen LogP contribution in [0, 0.1) is 24.5 Å². The first-order valence-electron chi connectivity index (χ1n) is 16.2. The van der Waals surface area contributed by atoms with Gasteiger partial charge in [0.25, 0.3) is 10.0 Å². The Morgan fingerprint density at radius 3 is 2.57 bits per heavy atom. The van der Waals surface area contributed by atoms with Crippen LogP contribution in [0.15, 0.2) is 77.3 Å². The van der Waals surface area contributed by atoms with Crippen molar-refractivity contribution < 1.29 is 35.6 Å². The van der Waals surface area contributed by atoms with Crippen molar-refractivity contribution in [1.82, 2.24) is 19.6 Å². The number of carbonyl (C=O) groups is 2. The van der Waals surface area contributed by atoms with E-state index < -0.39 is 57.1 Å². The molecule has 16 heteroatoms. The van der Waals surface area contributed by atoms with Crippen LogP contribution in [0.1, 0.15) is 55.8 Å². The Balaban J connectivity index is 1.48. The fourth-order valence-corrected chi connectivity index (χ4v) is 9.13. The second-order valence-corrected chi connectivity index (χ2v) is 15.2. The fourth-order valence-electron chi connectivity index (χ4n) is 5.90. The molecular formula is C35H40F4N6O4S2. The van der Waals surface area contributed by atoms with Gasteiger partial charge in [-0.3, -0.25) is 14.6 Å². The number of benzene rings is 1. The molecule has 274 valence electrons. The summed E-state index contributed by atoms with van der Waals surface area (Å²) in [5.41, 5.74) is 1.11. The highest BCUT2D eigenvalue weighted by Gasteiger charge is 2.36. The molecule has 0 aliphatic carbocycles. The smallest absolute Gasteiger partial charge is 0.254 e. The minimum atomic E-state index is -3.96. The highest BCUT2D eigenvalue weighted by Crippen LogP contribution is 2.34. The van der Waals surface area contributed by atoms with Crippen LogP contribution in [0.5, 0.6) is 0 Å². The van der Waals surface area contributed by atoms with E-state index in [1.807, 2.05) is 0 Å². The summed E-state index contributed by atoms with van der Waals surface area (Å²) in [5.74, 6) is -5.12. The van der Waals surface area contributed by atoms with Crippen molar-refractivity contribution in [2.24, 2.45) is 5.92 Å². The molecular weight excluding hydrogens is 709 g/mol. The average molecular weight is 749 g/mol. The number of piperazine rings is 1. The van der Waals surface area contributed by atoms with E-state index in [9.17, 15) is 31.2 Å². The minimum absolute atomic E-state index is 0.0372. The molecule has 1 aliphatic rings. The van der Waals surface area contributed by atoms with Crippen LogP contribution in [-0.4, -0.2) is 60.2 Å². The Morgan fingerprint density at radius 2 is 1.88 bits per heavy atom. The van der Waals surface area contributed by atoms with Gasteiger partial charge in [-0.1, -0.05) is 37.0 Å². The lowest BCUT2D eigenvalue weighted by atomic mass is 9.84. The summed E-state index contributed by atoms with van der Waals surface area (Å²) in [5, 5.41) is 8.63. The summed E-state index contributed by atoms with van der Waals surface area (Å²) in [6, 6.07) is 4.93. The second kappa shape index (κ2) is 17.8. The number of nitrogens with one attached hydrogen (secondary N) is 3. The molecule has 51 heavy (non-hydrogen) atoms. The highest BCUT2D eigenvalue weighted by molar-refractivity contribution is 7.91. The SMILES string of the molecule is C=C/C(F)=C\C(F)=C/[C@@H](C)[C@@H](CC(=O)Nc1cncc(F)c1CCC[C@H]1CNCCN1S(=O)(=O)c1sc(NC(C)=O)nc1C)c1ccc(F)cc1. The topological polar surface area (TPSA) is 133 Å². The lowest BCUT2D eigenvalue weighted by Gasteiger charge is -2.35. The van der Waals surface area contributed by atoms with E-state index in [1.165, 1.54) is 41.7 Å². The average Bonchev–Trinajstić information content (AvgIpc) is 3.45. The number of halogens is 4. The van der Waals surface area contributed by atoms with Gasteiger partial charge in [0.1, 0.15) is 23.3 Å². The molecule has 10 nitrogen and oxygen atoms in total. The minimum Gasteiger partial charge on any atom is -0.324 e. The Bertz CT molecular complexity index is 1900. The maximum absolute atomic E-state index is 15.2. The van der Waals surface area contributed by atoms with Gasteiger partial charge < -0.3 is 16.0 Å². The van der Waals surface area contributed by atoms with Gasteiger partial charge >= 0.3 is 0 Å². The number of amides is 2. The first-order valence-corrected chi connectivity index (χ1v) is 18.5. The van der Waals surface area contributed by atoms with Gasteiger partial charge in [0.05, 0.1) is 23.8 Å². The number of pyridine rings is 1. The summed E-state index contributed by atoms with van der Waals surface area (Å²) >= 11 is 0.882. The molecule has 1 saturated heterocycles. The predicted octanol–water partition coefficient (Wildman–Crippen LogP) is 6.71. The molecule has 1 aliphatic heterocycles. The maximum Gasteiger partial charge on any atom is 0.254 e. The molecule has 3 N–H and O–H groups in total. The number of anilines is 2. The lowest BCUT2D eigenvalue weighted by Crippen LogP contribution is -2.53. The van der Waals surface area contributed by atoms with Gasteiger partial charge in [0.2, 0.25) is 11.8 Å². The molecule has 2 amide bonds. The van der Waals surface area contributed by atoms with Crippen LogP contribution < -0.4 is 16.0 Å². The summed E-state index contributed by atoms with van der Waals surface area (Å²) < 4.78 is 85.9. The van der Waals surface area contributed by atoms with Gasteiger partial charge in [-0.2, -0.15) is 4.31 Å². The van der Waals surface area contributed by atoms with Gasteiger partial charge in [0, 0.05) is 50.7 Å². The second-order valence-electron chi connectivity index (χ2n) is 12.1. The number of allylic oxidation sites excluding steroid dienone is 5. The number of hydrogen-bond acceptors (Lipinski definition) is 8. The third-order valence-corrected chi connectivity index (χ3v) is 12.0. The van der Waals surface area contributed by atoms with Crippen molar-refractivity contribution in [3.8, 4) is 0 Å². The highest BCUT2D eigenvalue weighted by atomic mass is 32.2. The molecule has 3 atom stereocenters. The molecule has 1 fully saturated rings. The third kappa shape index (κ3) is 10.6. The largest absolute Gasteiger partial charge is 0.324 e. The standard InChI is InChI=1S/C35H40F4N6O4S2/c1-5-25(36)16-27(38)15-21(2)30(24-9-11-26(37)12-10-24)17-33(47)44-32-20-41-19-31(39)29(32)8-6-7-28-18-40-13-14-45(28)51(48,49)34-22(3)42-35(50-34)43-23(4)46/h5,9-12,15-16,19-21,28,30,40H,1,6-8,13-14,17-18H2,2-4H3,(H,44,47)(H,42,43,46)/b25-16+,27-15+/t21-,28+,30-/m1/s1. The summed E-state index contributed by atoms with van der Waals surface area (Å²) in [7, 11) is -3.96. The van der Waals surface area contributed by atoms with Crippen LogP contribution in [0.25, 0.3) is 0 Å². The number of hydrogen-bond donors (Lipinski definition) is 3. The Morgan fingerprint density at radius 1 is 1.16 bits per heavy atom. The summed E-state index contributed by atoms with van der Waals surface area (Å²) in [6.45, 7) is 8.77. The van der Waals surface area contributed by atoms with Crippen LogP contribution in [0.4, 0.5) is 28.4 Å².